The number of thiophene rings is 1. The predicted molar refractivity (Wildman–Crippen MR) is 98.2 cm³/mol. The smallest absolute Gasteiger partial charge is 0.187 e. The third-order valence-electron chi connectivity index (χ3n) is 4.48. The molecule has 1 aliphatic heterocycles. The highest BCUT2D eigenvalue weighted by atomic mass is 32.2. The molecule has 3 aromatic rings. The van der Waals surface area contributed by atoms with E-state index in [-0.39, 0.29) is 0 Å². The van der Waals surface area contributed by atoms with Gasteiger partial charge in [-0.3, -0.25) is 4.90 Å². The Morgan fingerprint density at radius 3 is 3.00 bits per heavy atom. The number of thioether (sulfide) groups is 1. The first kappa shape index (κ1) is 15.1. The number of aryl methyl sites for hydroxylation is 1. The summed E-state index contributed by atoms with van der Waals surface area (Å²) in [6.07, 6.45) is 5.06. The number of rotatable bonds is 3. The number of hydrogen-bond donors (Lipinski definition) is 0. The Hall–Kier alpha value is -1.43. The van der Waals surface area contributed by atoms with E-state index in [0.29, 0.717) is 0 Å². The van der Waals surface area contributed by atoms with Gasteiger partial charge in [0, 0.05) is 47.4 Å². The summed E-state index contributed by atoms with van der Waals surface area (Å²) in [7, 11) is 0. The molecule has 0 aliphatic carbocycles. The Morgan fingerprint density at radius 2 is 2.17 bits per heavy atom. The van der Waals surface area contributed by atoms with Gasteiger partial charge in [-0.05, 0) is 30.2 Å². The van der Waals surface area contributed by atoms with E-state index in [9.17, 15) is 0 Å². The Kier molecular flexibility index (Phi) is 4.09. The van der Waals surface area contributed by atoms with Gasteiger partial charge in [-0.2, -0.15) is 0 Å². The average molecular weight is 342 g/mol. The van der Waals surface area contributed by atoms with Crippen LogP contribution in [0.4, 0.5) is 0 Å². The molecule has 23 heavy (non-hydrogen) atoms. The van der Waals surface area contributed by atoms with Gasteiger partial charge in [0.2, 0.25) is 0 Å². The molecule has 3 heterocycles. The molecule has 0 amide bonds. The van der Waals surface area contributed by atoms with Crippen LogP contribution in [0.3, 0.4) is 0 Å². The Labute approximate surface area is 144 Å². The average Bonchev–Trinajstić information content (AvgIpc) is 2.90. The molecule has 1 aromatic carbocycles. The van der Waals surface area contributed by atoms with E-state index in [4.69, 9.17) is 0 Å². The monoisotopic (exact) mass is 341 g/mol. The van der Waals surface area contributed by atoms with Gasteiger partial charge in [0.25, 0.3) is 0 Å². The van der Waals surface area contributed by atoms with Crippen molar-refractivity contribution in [2.45, 2.75) is 31.6 Å². The molecular weight excluding hydrogens is 322 g/mol. The maximum Gasteiger partial charge on any atom is 0.187 e. The van der Waals surface area contributed by atoms with Gasteiger partial charge in [0.05, 0.1) is 5.69 Å². The summed E-state index contributed by atoms with van der Waals surface area (Å²) in [4.78, 5) is 13.1. The van der Waals surface area contributed by atoms with E-state index in [1.807, 2.05) is 23.8 Å². The second-order valence-electron chi connectivity index (χ2n) is 5.94. The molecule has 0 bridgehead atoms. The topological polar surface area (TPSA) is 29.0 Å². The summed E-state index contributed by atoms with van der Waals surface area (Å²) >= 11 is 3.54. The number of nitrogens with zero attached hydrogens (tertiary/aromatic N) is 3. The largest absolute Gasteiger partial charge is 0.293 e. The van der Waals surface area contributed by atoms with Crippen LogP contribution in [0, 0.1) is 6.92 Å². The Balaban J connectivity index is 1.56. The number of fused-ring (bicyclic) bond motifs is 2. The molecule has 0 radical (unpaired) electrons. The van der Waals surface area contributed by atoms with E-state index in [0.717, 1.165) is 31.2 Å². The first-order valence-corrected chi connectivity index (χ1v) is 9.87. The molecule has 5 heteroatoms. The Bertz CT molecular complexity index is 857. The standard InChI is InChI=1S/C18H19N3S2/c1-12-14-5-3-4-6-16(14)23-17(12)11-21-8-7-15-13(10-21)9-19-18(20-15)22-2/h3-6,9H,7-8,10-11H2,1-2H3. The maximum absolute atomic E-state index is 4.65. The molecule has 0 saturated heterocycles. The minimum Gasteiger partial charge on any atom is -0.293 e. The lowest BCUT2D eigenvalue weighted by atomic mass is 10.1. The fourth-order valence-corrected chi connectivity index (χ4v) is 4.78. The molecule has 0 spiro atoms. The maximum atomic E-state index is 4.65. The quantitative estimate of drug-likeness (QED) is 0.525. The molecule has 2 aromatic heterocycles. The van der Waals surface area contributed by atoms with Gasteiger partial charge >= 0.3 is 0 Å². The third-order valence-corrected chi connectivity index (χ3v) is 6.30. The van der Waals surface area contributed by atoms with Gasteiger partial charge in [-0.1, -0.05) is 30.0 Å². The molecule has 1 aliphatic rings. The second-order valence-corrected chi connectivity index (χ2v) is 7.85. The summed E-state index contributed by atoms with van der Waals surface area (Å²) in [5.41, 5.74) is 3.95. The van der Waals surface area contributed by atoms with Crippen LogP contribution in [-0.4, -0.2) is 27.7 Å². The highest BCUT2D eigenvalue weighted by molar-refractivity contribution is 7.98. The summed E-state index contributed by atoms with van der Waals surface area (Å²) in [6.45, 7) is 5.30. The lowest BCUT2D eigenvalue weighted by Crippen LogP contribution is -2.30. The molecule has 0 unspecified atom stereocenters. The van der Waals surface area contributed by atoms with Gasteiger partial charge in [-0.15, -0.1) is 11.3 Å². The van der Waals surface area contributed by atoms with Gasteiger partial charge in [0.1, 0.15) is 0 Å². The van der Waals surface area contributed by atoms with Crippen molar-refractivity contribution in [3.63, 3.8) is 0 Å². The van der Waals surface area contributed by atoms with E-state index >= 15 is 0 Å². The summed E-state index contributed by atoms with van der Waals surface area (Å²) in [5, 5.41) is 2.29. The van der Waals surface area contributed by atoms with Gasteiger partial charge < -0.3 is 0 Å². The fraction of sp³-hybridized carbons (Fsp3) is 0.333. The van der Waals surface area contributed by atoms with E-state index in [2.05, 4.69) is 46.1 Å². The van der Waals surface area contributed by atoms with E-state index < -0.39 is 0 Å². The minimum atomic E-state index is 0.887. The summed E-state index contributed by atoms with van der Waals surface area (Å²) in [5.74, 6) is 0. The molecule has 118 valence electrons. The van der Waals surface area contributed by atoms with Crippen LogP contribution in [0.1, 0.15) is 21.7 Å². The van der Waals surface area contributed by atoms with Crippen LogP contribution in [-0.2, 0) is 19.5 Å². The first-order valence-electron chi connectivity index (χ1n) is 7.83. The Morgan fingerprint density at radius 1 is 1.30 bits per heavy atom. The van der Waals surface area contributed by atoms with Crippen molar-refractivity contribution >= 4 is 33.2 Å². The zero-order valence-electron chi connectivity index (χ0n) is 13.4. The van der Waals surface area contributed by atoms with Gasteiger partial charge in [-0.25, -0.2) is 9.97 Å². The molecule has 4 rings (SSSR count). The highest BCUT2D eigenvalue weighted by Crippen LogP contribution is 2.32. The van der Waals surface area contributed by atoms with E-state index in [1.54, 1.807) is 11.8 Å². The molecular formula is C18H19N3S2. The molecule has 0 atom stereocenters. The van der Waals surface area contributed by atoms with Crippen LogP contribution >= 0.6 is 23.1 Å². The van der Waals surface area contributed by atoms with Crippen LogP contribution in [0.15, 0.2) is 35.6 Å². The fourth-order valence-electron chi connectivity index (χ4n) is 3.17. The molecule has 0 saturated carbocycles. The minimum absolute atomic E-state index is 0.887. The van der Waals surface area contributed by atoms with Crippen LogP contribution < -0.4 is 0 Å². The van der Waals surface area contributed by atoms with Crippen LogP contribution in [0.25, 0.3) is 10.1 Å². The highest BCUT2D eigenvalue weighted by Gasteiger charge is 2.20. The molecule has 0 N–H and O–H groups in total. The number of benzene rings is 1. The van der Waals surface area contributed by atoms with Crippen molar-refractivity contribution < 1.29 is 0 Å². The number of aromatic nitrogens is 2. The SMILES string of the molecule is CSc1ncc2c(n1)CCN(Cc1sc3ccccc3c1C)C2. The summed E-state index contributed by atoms with van der Waals surface area (Å²) < 4.78 is 1.39. The van der Waals surface area contributed by atoms with Crippen molar-refractivity contribution in [1.82, 2.24) is 14.9 Å². The molecule has 3 nitrogen and oxygen atoms in total. The van der Waals surface area contributed by atoms with Crippen molar-refractivity contribution in [3.8, 4) is 0 Å². The second kappa shape index (κ2) is 6.23. The first-order chi connectivity index (χ1) is 11.2. The van der Waals surface area contributed by atoms with Crippen LogP contribution in [0.5, 0.6) is 0 Å². The normalized spacial score (nSPS) is 15.0. The number of hydrogen-bond acceptors (Lipinski definition) is 5. The van der Waals surface area contributed by atoms with Gasteiger partial charge in [0.15, 0.2) is 5.16 Å². The predicted octanol–water partition coefficient (Wildman–Crippen LogP) is 4.28. The van der Waals surface area contributed by atoms with Crippen molar-refractivity contribution in [2.75, 3.05) is 12.8 Å². The summed E-state index contributed by atoms with van der Waals surface area (Å²) in [6, 6.07) is 8.71. The lowest BCUT2D eigenvalue weighted by molar-refractivity contribution is 0.244. The van der Waals surface area contributed by atoms with Crippen molar-refractivity contribution in [3.05, 3.63) is 52.2 Å². The zero-order valence-corrected chi connectivity index (χ0v) is 15.0. The zero-order chi connectivity index (χ0) is 15.8. The van der Waals surface area contributed by atoms with Crippen LogP contribution in [0.2, 0.25) is 0 Å². The van der Waals surface area contributed by atoms with E-state index in [1.165, 1.54) is 31.8 Å². The lowest BCUT2D eigenvalue weighted by Gasteiger charge is -2.27. The van der Waals surface area contributed by atoms with Crippen molar-refractivity contribution in [1.29, 1.82) is 0 Å². The molecule has 0 fully saturated rings. The van der Waals surface area contributed by atoms with Crippen molar-refractivity contribution in [2.24, 2.45) is 0 Å². The third kappa shape index (κ3) is 2.89.